The van der Waals surface area contributed by atoms with Gasteiger partial charge in [-0.3, -0.25) is 0 Å². The molecule has 1 aliphatic heterocycles. The van der Waals surface area contributed by atoms with Crippen LogP contribution in [0.15, 0.2) is 18.3 Å². The highest BCUT2D eigenvalue weighted by Gasteiger charge is 2.27. The zero-order valence-electron chi connectivity index (χ0n) is 13.8. The molecule has 0 aromatic carbocycles. The normalized spacial score (nSPS) is 18.2. The van der Waals surface area contributed by atoms with E-state index in [9.17, 15) is 4.79 Å². The standard InChI is InChI=1S/C16H23N5O2/c1-16(2,3)23-15(22)21-8-7-18-13(11-21)10-20-14-12(9-17)5-4-6-19-14/h4-6,13,18H,7-8,10-11H2,1-3H3,(H,19,20). The quantitative estimate of drug-likeness (QED) is 0.879. The minimum Gasteiger partial charge on any atom is -0.444 e. The Morgan fingerprint density at radius 1 is 1.61 bits per heavy atom. The smallest absolute Gasteiger partial charge is 0.410 e. The molecule has 2 N–H and O–H groups in total. The third-order valence-electron chi connectivity index (χ3n) is 3.35. The second-order valence-electron chi connectivity index (χ2n) is 6.47. The number of aromatic nitrogens is 1. The maximum absolute atomic E-state index is 12.1. The highest BCUT2D eigenvalue weighted by atomic mass is 16.6. The van der Waals surface area contributed by atoms with Gasteiger partial charge in [0.25, 0.3) is 0 Å². The van der Waals surface area contributed by atoms with Crippen LogP contribution in [0.3, 0.4) is 0 Å². The molecule has 2 rings (SSSR count). The molecule has 1 atom stereocenters. The van der Waals surface area contributed by atoms with Gasteiger partial charge in [0.15, 0.2) is 0 Å². The van der Waals surface area contributed by atoms with E-state index in [2.05, 4.69) is 21.7 Å². The second-order valence-corrected chi connectivity index (χ2v) is 6.47. The Labute approximate surface area is 136 Å². The summed E-state index contributed by atoms with van der Waals surface area (Å²) in [6.07, 6.45) is 1.35. The maximum atomic E-state index is 12.1. The van der Waals surface area contributed by atoms with Crippen LogP contribution in [0.2, 0.25) is 0 Å². The number of hydrogen-bond donors (Lipinski definition) is 2. The first-order valence-corrected chi connectivity index (χ1v) is 7.69. The molecule has 0 bridgehead atoms. The maximum Gasteiger partial charge on any atom is 0.410 e. The predicted molar refractivity (Wildman–Crippen MR) is 87.0 cm³/mol. The van der Waals surface area contributed by atoms with Gasteiger partial charge < -0.3 is 20.3 Å². The van der Waals surface area contributed by atoms with Gasteiger partial charge in [-0.15, -0.1) is 0 Å². The van der Waals surface area contributed by atoms with Crippen LogP contribution in [-0.4, -0.2) is 53.8 Å². The summed E-state index contributed by atoms with van der Waals surface area (Å²) in [5.74, 6) is 0.561. The zero-order valence-corrected chi connectivity index (χ0v) is 13.8. The highest BCUT2D eigenvalue weighted by Crippen LogP contribution is 2.13. The third kappa shape index (κ3) is 5.11. The van der Waals surface area contributed by atoms with E-state index < -0.39 is 5.60 Å². The average Bonchev–Trinajstić information content (AvgIpc) is 2.52. The summed E-state index contributed by atoms with van der Waals surface area (Å²) in [5.41, 5.74) is 0.0121. The fourth-order valence-corrected chi connectivity index (χ4v) is 2.31. The molecule has 1 fully saturated rings. The molecular weight excluding hydrogens is 294 g/mol. The Balaban J connectivity index is 1.89. The van der Waals surface area contributed by atoms with Crippen molar-refractivity contribution in [2.45, 2.75) is 32.4 Å². The molecule has 0 aliphatic carbocycles. The van der Waals surface area contributed by atoms with Crippen molar-refractivity contribution in [2.24, 2.45) is 0 Å². The first kappa shape index (κ1) is 17.0. The summed E-state index contributed by atoms with van der Waals surface area (Å²) >= 11 is 0. The lowest BCUT2D eigenvalue weighted by atomic mass is 10.2. The van der Waals surface area contributed by atoms with Crippen LogP contribution in [0.5, 0.6) is 0 Å². The van der Waals surface area contributed by atoms with Crippen molar-refractivity contribution in [2.75, 3.05) is 31.5 Å². The Kier molecular flexibility index (Phi) is 5.40. The number of pyridine rings is 1. The first-order chi connectivity index (χ1) is 10.9. The minimum absolute atomic E-state index is 0.0739. The number of rotatable bonds is 3. The molecule has 23 heavy (non-hydrogen) atoms. The third-order valence-corrected chi connectivity index (χ3v) is 3.35. The van der Waals surface area contributed by atoms with Gasteiger partial charge in [-0.1, -0.05) is 0 Å². The van der Waals surface area contributed by atoms with Crippen molar-refractivity contribution >= 4 is 11.9 Å². The van der Waals surface area contributed by atoms with Gasteiger partial charge in [-0.2, -0.15) is 5.26 Å². The molecular formula is C16H23N5O2. The molecule has 1 unspecified atom stereocenters. The topological polar surface area (TPSA) is 90.3 Å². The first-order valence-electron chi connectivity index (χ1n) is 7.69. The molecule has 0 spiro atoms. The van der Waals surface area contributed by atoms with Gasteiger partial charge >= 0.3 is 6.09 Å². The van der Waals surface area contributed by atoms with Crippen LogP contribution in [-0.2, 0) is 4.74 Å². The minimum atomic E-state index is -0.495. The van der Waals surface area contributed by atoms with Crippen molar-refractivity contribution in [1.29, 1.82) is 5.26 Å². The molecule has 1 aromatic heterocycles. The molecule has 1 amide bonds. The van der Waals surface area contributed by atoms with Crippen LogP contribution >= 0.6 is 0 Å². The Morgan fingerprint density at radius 2 is 2.39 bits per heavy atom. The number of carbonyl (C=O) groups excluding carboxylic acids is 1. The van der Waals surface area contributed by atoms with E-state index in [-0.39, 0.29) is 12.1 Å². The van der Waals surface area contributed by atoms with Gasteiger partial charge in [0.1, 0.15) is 17.5 Å². The average molecular weight is 317 g/mol. The van der Waals surface area contributed by atoms with Gasteiger partial charge in [0.2, 0.25) is 0 Å². The lowest BCUT2D eigenvalue weighted by molar-refractivity contribution is 0.0200. The lowest BCUT2D eigenvalue weighted by Crippen LogP contribution is -2.55. The van der Waals surface area contributed by atoms with Crippen molar-refractivity contribution in [3.8, 4) is 6.07 Å². The lowest BCUT2D eigenvalue weighted by Gasteiger charge is -2.35. The van der Waals surface area contributed by atoms with Crippen LogP contribution in [0, 0.1) is 11.3 Å². The Morgan fingerprint density at radius 3 is 3.09 bits per heavy atom. The number of ether oxygens (including phenoxy) is 1. The number of nitrogens with one attached hydrogen (secondary N) is 2. The molecule has 7 heteroatoms. The molecule has 1 saturated heterocycles. The van der Waals surface area contributed by atoms with Crippen molar-refractivity contribution in [3.63, 3.8) is 0 Å². The monoisotopic (exact) mass is 317 g/mol. The molecule has 0 saturated carbocycles. The fraction of sp³-hybridized carbons (Fsp3) is 0.562. The van der Waals surface area contributed by atoms with E-state index in [4.69, 9.17) is 10.00 Å². The van der Waals surface area contributed by atoms with E-state index in [1.54, 1.807) is 23.2 Å². The largest absolute Gasteiger partial charge is 0.444 e. The number of anilines is 1. The van der Waals surface area contributed by atoms with E-state index in [1.807, 2.05) is 20.8 Å². The van der Waals surface area contributed by atoms with E-state index in [0.29, 0.717) is 37.6 Å². The number of hydrogen-bond acceptors (Lipinski definition) is 6. The molecule has 1 aromatic rings. The Hall–Kier alpha value is -2.33. The van der Waals surface area contributed by atoms with Crippen LogP contribution < -0.4 is 10.6 Å². The summed E-state index contributed by atoms with van der Waals surface area (Å²) < 4.78 is 5.41. The summed E-state index contributed by atoms with van der Waals surface area (Å²) in [5, 5.41) is 15.6. The summed E-state index contributed by atoms with van der Waals surface area (Å²) in [6, 6.07) is 5.63. The molecule has 0 radical (unpaired) electrons. The van der Waals surface area contributed by atoms with E-state index in [1.165, 1.54) is 0 Å². The highest BCUT2D eigenvalue weighted by molar-refractivity contribution is 5.68. The van der Waals surface area contributed by atoms with Crippen LogP contribution in [0.25, 0.3) is 0 Å². The number of nitriles is 1. The molecule has 1 aliphatic rings. The number of nitrogens with zero attached hydrogens (tertiary/aromatic N) is 3. The second kappa shape index (κ2) is 7.29. The molecule has 124 valence electrons. The SMILES string of the molecule is CC(C)(C)OC(=O)N1CCNC(CNc2ncccc2C#N)C1. The number of carbonyl (C=O) groups is 1. The fourth-order valence-electron chi connectivity index (χ4n) is 2.31. The van der Waals surface area contributed by atoms with Crippen LogP contribution in [0.1, 0.15) is 26.3 Å². The summed E-state index contributed by atoms with van der Waals surface area (Å²) in [6.45, 7) is 8.03. The van der Waals surface area contributed by atoms with Crippen molar-refractivity contribution in [3.05, 3.63) is 23.9 Å². The van der Waals surface area contributed by atoms with E-state index >= 15 is 0 Å². The Bertz CT molecular complexity index is 591. The number of amides is 1. The van der Waals surface area contributed by atoms with E-state index in [0.717, 1.165) is 0 Å². The van der Waals surface area contributed by atoms with Crippen molar-refractivity contribution in [1.82, 2.24) is 15.2 Å². The number of piperazine rings is 1. The van der Waals surface area contributed by atoms with Gasteiger partial charge in [0, 0.05) is 38.4 Å². The predicted octanol–water partition coefficient (Wildman–Crippen LogP) is 1.57. The molecule has 2 heterocycles. The summed E-state index contributed by atoms with van der Waals surface area (Å²) in [4.78, 5) is 18.0. The zero-order chi connectivity index (χ0) is 16.9. The van der Waals surface area contributed by atoms with Crippen molar-refractivity contribution < 1.29 is 9.53 Å². The molecule has 7 nitrogen and oxygen atoms in total. The summed E-state index contributed by atoms with van der Waals surface area (Å²) in [7, 11) is 0. The van der Waals surface area contributed by atoms with Gasteiger partial charge in [-0.05, 0) is 32.9 Å². The van der Waals surface area contributed by atoms with Gasteiger partial charge in [0.05, 0.1) is 5.56 Å². The van der Waals surface area contributed by atoms with Gasteiger partial charge in [-0.25, -0.2) is 9.78 Å². The van der Waals surface area contributed by atoms with Crippen LogP contribution in [0.4, 0.5) is 10.6 Å².